The number of nitrogens with one attached hydrogen (secondary N) is 2. The average molecular weight is 489 g/mol. The molecule has 8 heteroatoms. The molecule has 2 aromatic carbocycles. The second kappa shape index (κ2) is 10.3. The van der Waals surface area contributed by atoms with Crippen molar-refractivity contribution in [3.05, 3.63) is 81.2 Å². The lowest BCUT2D eigenvalue weighted by Crippen LogP contribution is -2.47. The van der Waals surface area contributed by atoms with E-state index in [4.69, 9.17) is 0 Å². The van der Waals surface area contributed by atoms with Crippen molar-refractivity contribution in [2.24, 2.45) is 7.05 Å². The van der Waals surface area contributed by atoms with Crippen LogP contribution in [0.25, 0.3) is 10.8 Å². The molecular formula is C28H33FN6O. The summed E-state index contributed by atoms with van der Waals surface area (Å²) in [5.41, 5.74) is 3.91. The third-order valence-corrected chi connectivity index (χ3v) is 6.90. The second-order valence-electron chi connectivity index (χ2n) is 9.40. The topological polar surface area (TPSA) is 76.3 Å². The van der Waals surface area contributed by atoms with Gasteiger partial charge in [0.05, 0.1) is 11.3 Å². The maximum Gasteiger partial charge on any atom is 0.259 e. The monoisotopic (exact) mass is 488 g/mol. The zero-order valence-electron chi connectivity index (χ0n) is 21.5. The van der Waals surface area contributed by atoms with Crippen LogP contribution in [0.15, 0.2) is 53.1 Å². The van der Waals surface area contributed by atoms with Crippen LogP contribution in [-0.2, 0) is 7.05 Å². The normalized spacial score (nSPS) is 15.1. The van der Waals surface area contributed by atoms with Gasteiger partial charge < -0.3 is 20.4 Å². The van der Waals surface area contributed by atoms with Crippen molar-refractivity contribution in [1.29, 1.82) is 5.26 Å². The van der Waals surface area contributed by atoms with Crippen LogP contribution in [0.2, 0.25) is 0 Å². The molecule has 188 valence electrons. The van der Waals surface area contributed by atoms with Crippen LogP contribution in [0.3, 0.4) is 0 Å². The molecule has 1 aromatic heterocycles. The smallest absolute Gasteiger partial charge is 0.259 e. The van der Waals surface area contributed by atoms with E-state index in [9.17, 15) is 14.4 Å². The summed E-state index contributed by atoms with van der Waals surface area (Å²) in [5.74, 6) is 0.440. The Morgan fingerprint density at radius 2 is 1.86 bits per heavy atom. The maximum absolute atomic E-state index is 13.6. The molecule has 3 aromatic rings. The van der Waals surface area contributed by atoms with E-state index in [1.54, 1.807) is 10.6 Å². The van der Waals surface area contributed by atoms with Crippen molar-refractivity contribution in [1.82, 2.24) is 14.8 Å². The summed E-state index contributed by atoms with van der Waals surface area (Å²) in [6.07, 6.45) is 2.00. The number of allylic oxidation sites excluding steroid dienone is 1. The number of rotatable bonds is 6. The number of nitrogens with zero attached hydrogens (tertiary/aromatic N) is 4. The summed E-state index contributed by atoms with van der Waals surface area (Å²) >= 11 is 0. The number of fused-ring (bicyclic) bond motifs is 1. The fourth-order valence-corrected chi connectivity index (χ4v) is 4.97. The van der Waals surface area contributed by atoms with Crippen LogP contribution >= 0.6 is 0 Å². The van der Waals surface area contributed by atoms with Crippen LogP contribution in [0.1, 0.15) is 36.6 Å². The SMILES string of the molecule is CN/C=C(\C)N1CCN(c2cc3c([C@@H](C)Nc4ccc(F)cc4C#N)cc(C)cc3c(=O)n2C)CC1. The van der Waals surface area contributed by atoms with Gasteiger partial charge in [0.2, 0.25) is 0 Å². The van der Waals surface area contributed by atoms with Gasteiger partial charge in [0, 0.05) is 63.6 Å². The number of pyridine rings is 1. The summed E-state index contributed by atoms with van der Waals surface area (Å²) in [6, 6.07) is 12.1. The molecule has 1 fully saturated rings. The molecule has 0 unspecified atom stereocenters. The molecule has 1 saturated heterocycles. The lowest BCUT2D eigenvalue weighted by atomic mass is 9.97. The highest BCUT2D eigenvalue weighted by Gasteiger charge is 2.22. The lowest BCUT2D eigenvalue weighted by Gasteiger charge is -2.38. The highest BCUT2D eigenvalue weighted by atomic mass is 19.1. The van der Waals surface area contributed by atoms with Crippen molar-refractivity contribution >= 4 is 22.3 Å². The Morgan fingerprint density at radius 1 is 1.14 bits per heavy atom. The quantitative estimate of drug-likeness (QED) is 0.541. The van der Waals surface area contributed by atoms with Crippen LogP contribution in [0, 0.1) is 24.1 Å². The van der Waals surface area contributed by atoms with Crippen LogP contribution in [0.4, 0.5) is 15.9 Å². The number of aromatic nitrogens is 1. The molecule has 0 aliphatic carbocycles. The minimum Gasteiger partial charge on any atom is -0.393 e. The summed E-state index contributed by atoms with van der Waals surface area (Å²) in [4.78, 5) is 18.1. The Balaban J connectivity index is 1.72. The van der Waals surface area contributed by atoms with E-state index in [1.807, 2.05) is 40.2 Å². The van der Waals surface area contributed by atoms with E-state index < -0.39 is 5.82 Å². The number of hydrogen-bond donors (Lipinski definition) is 2. The average Bonchev–Trinajstić information content (AvgIpc) is 2.87. The van der Waals surface area contributed by atoms with Gasteiger partial charge in [-0.2, -0.15) is 5.26 Å². The number of hydrogen-bond acceptors (Lipinski definition) is 6. The standard InChI is InChI=1S/C28H33FN6O/c1-18-12-23(20(3)32-26-7-6-22(29)14-21(26)16-30)24-15-27(33(5)28(36)25(24)13-18)35-10-8-34(9-11-35)19(2)17-31-4/h6-7,12-15,17,20,31-32H,8-11H2,1-5H3/b19-17+/t20-/m1/s1. The number of benzene rings is 2. The first-order valence-corrected chi connectivity index (χ1v) is 12.2. The summed E-state index contributed by atoms with van der Waals surface area (Å²) in [6.45, 7) is 9.42. The van der Waals surface area contributed by atoms with E-state index in [0.29, 0.717) is 11.1 Å². The van der Waals surface area contributed by atoms with Crippen molar-refractivity contribution in [3.8, 4) is 6.07 Å². The molecule has 2 N–H and O–H groups in total. The van der Waals surface area contributed by atoms with Gasteiger partial charge in [0.25, 0.3) is 5.56 Å². The Bertz CT molecular complexity index is 1410. The van der Waals surface area contributed by atoms with E-state index in [1.165, 1.54) is 17.8 Å². The molecule has 1 aliphatic heterocycles. The van der Waals surface area contributed by atoms with Crippen molar-refractivity contribution < 1.29 is 4.39 Å². The molecule has 0 saturated carbocycles. The van der Waals surface area contributed by atoms with E-state index in [2.05, 4.69) is 45.6 Å². The second-order valence-corrected chi connectivity index (χ2v) is 9.40. The molecule has 0 radical (unpaired) electrons. The molecule has 0 amide bonds. The minimum atomic E-state index is -0.448. The zero-order chi connectivity index (χ0) is 26.0. The first-order valence-electron chi connectivity index (χ1n) is 12.2. The van der Waals surface area contributed by atoms with Crippen molar-refractivity contribution in [2.75, 3.05) is 43.4 Å². The third-order valence-electron chi connectivity index (χ3n) is 6.90. The summed E-state index contributed by atoms with van der Waals surface area (Å²) < 4.78 is 15.4. The van der Waals surface area contributed by atoms with Crippen molar-refractivity contribution in [3.63, 3.8) is 0 Å². The highest BCUT2D eigenvalue weighted by molar-refractivity contribution is 5.89. The van der Waals surface area contributed by atoms with Gasteiger partial charge >= 0.3 is 0 Å². The Labute approximate surface area is 211 Å². The first-order chi connectivity index (χ1) is 17.2. The Morgan fingerprint density at radius 3 is 2.53 bits per heavy atom. The van der Waals surface area contributed by atoms with Gasteiger partial charge in [-0.25, -0.2) is 4.39 Å². The fraction of sp³-hybridized carbons (Fsp3) is 0.357. The molecule has 2 heterocycles. The predicted molar refractivity (Wildman–Crippen MR) is 144 cm³/mol. The van der Waals surface area contributed by atoms with Gasteiger partial charge in [0.1, 0.15) is 17.7 Å². The zero-order valence-corrected chi connectivity index (χ0v) is 21.5. The van der Waals surface area contributed by atoms with Gasteiger partial charge in [-0.05, 0) is 67.6 Å². The van der Waals surface area contributed by atoms with E-state index >= 15 is 0 Å². The Kier molecular flexibility index (Phi) is 7.20. The molecule has 0 spiro atoms. The molecule has 4 rings (SSSR count). The van der Waals surface area contributed by atoms with Crippen molar-refractivity contribution in [2.45, 2.75) is 26.8 Å². The largest absolute Gasteiger partial charge is 0.393 e. The summed E-state index contributed by atoms with van der Waals surface area (Å²) in [7, 11) is 3.73. The van der Waals surface area contributed by atoms with Gasteiger partial charge in [-0.15, -0.1) is 0 Å². The molecule has 0 bridgehead atoms. The van der Waals surface area contributed by atoms with Crippen LogP contribution < -0.4 is 21.1 Å². The minimum absolute atomic E-state index is 0.0344. The summed E-state index contributed by atoms with van der Waals surface area (Å²) in [5, 5.41) is 17.4. The fourth-order valence-electron chi connectivity index (χ4n) is 4.97. The van der Waals surface area contributed by atoms with Crippen LogP contribution in [0.5, 0.6) is 0 Å². The highest BCUT2D eigenvalue weighted by Crippen LogP contribution is 2.31. The first kappa shape index (κ1) is 25.1. The molecular weight excluding hydrogens is 455 g/mol. The maximum atomic E-state index is 13.6. The molecule has 7 nitrogen and oxygen atoms in total. The van der Waals surface area contributed by atoms with Gasteiger partial charge in [-0.3, -0.25) is 9.36 Å². The number of nitriles is 1. The predicted octanol–water partition coefficient (Wildman–Crippen LogP) is 4.23. The molecule has 36 heavy (non-hydrogen) atoms. The number of piperazine rings is 1. The third kappa shape index (κ3) is 4.87. The molecule has 1 atom stereocenters. The Hall–Kier alpha value is -3.99. The van der Waals surface area contributed by atoms with Gasteiger partial charge in [-0.1, -0.05) is 6.07 Å². The van der Waals surface area contributed by atoms with Crippen LogP contribution in [-0.4, -0.2) is 42.7 Å². The number of halogens is 1. The number of anilines is 2. The van der Waals surface area contributed by atoms with E-state index in [-0.39, 0.29) is 17.2 Å². The number of aryl methyl sites for hydroxylation is 1. The van der Waals surface area contributed by atoms with E-state index in [0.717, 1.165) is 48.5 Å². The van der Waals surface area contributed by atoms with Gasteiger partial charge in [0.15, 0.2) is 0 Å². The molecule has 1 aliphatic rings. The lowest BCUT2D eigenvalue weighted by molar-refractivity contribution is 0.318.